The summed E-state index contributed by atoms with van der Waals surface area (Å²) in [4.78, 5) is 11.4. The highest BCUT2D eigenvalue weighted by molar-refractivity contribution is 9.10. The molecule has 1 amide bonds. The highest BCUT2D eigenvalue weighted by atomic mass is 79.9. The fourth-order valence-electron chi connectivity index (χ4n) is 0.760. The third-order valence-corrected chi connectivity index (χ3v) is 2.05. The topological polar surface area (TPSA) is 42.2 Å². The van der Waals surface area contributed by atoms with Gasteiger partial charge in [0.1, 0.15) is 0 Å². The van der Waals surface area contributed by atoms with Crippen molar-refractivity contribution >= 4 is 21.8 Å². The van der Waals surface area contributed by atoms with Crippen molar-refractivity contribution in [3.8, 4) is 12.3 Å². The number of carbonyl (C=O) groups is 1. The van der Waals surface area contributed by atoms with Crippen molar-refractivity contribution in [3.05, 3.63) is 22.6 Å². The minimum absolute atomic E-state index is 0.238. The zero-order chi connectivity index (χ0) is 9.84. The second-order valence-corrected chi connectivity index (χ2v) is 3.31. The van der Waals surface area contributed by atoms with E-state index < -0.39 is 0 Å². The smallest absolute Gasteiger partial charge is 0.289 e. The molecule has 0 saturated carbocycles. The predicted octanol–water partition coefficient (Wildman–Crippen LogP) is 1.79. The molecule has 1 atom stereocenters. The molecule has 3 nitrogen and oxygen atoms in total. The lowest BCUT2D eigenvalue weighted by Gasteiger charge is -2.05. The van der Waals surface area contributed by atoms with Crippen LogP contribution in [0.2, 0.25) is 0 Å². The van der Waals surface area contributed by atoms with Crippen LogP contribution < -0.4 is 5.32 Å². The summed E-state index contributed by atoms with van der Waals surface area (Å²) >= 11 is 3.17. The van der Waals surface area contributed by atoms with E-state index in [2.05, 4.69) is 27.2 Å². The van der Waals surface area contributed by atoms with E-state index in [1.807, 2.05) is 0 Å². The Kier molecular flexibility index (Phi) is 3.15. The minimum atomic E-state index is -0.317. The van der Waals surface area contributed by atoms with Crippen LogP contribution in [0.5, 0.6) is 0 Å². The van der Waals surface area contributed by atoms with Crippen molar-refractivity contribution in [1.29, 1.82) is 0 Å². The first-order valence-electron chi connectivity index (χ1n) is 3.65. The molecule has 1 heterocycles. The number of hydrogen-bond acceptors (Lipinski definition) is 2. The van der Waals surface area contributed by atoms with Gasteiger partial charge in [-0.3, -0.25) is 4.79 Å². The second kappa shape index (κ2) is 4.15. The monoisotopic (exact) mass is 241 g/mol. The van der Waals surface area contributed by atoms with E-state index in [9.17, 15) is 4.79 Å². The lowest BCUT2D eigenvalue weighted by Crippen LogP contribution is -2.31. The van der Waals surface area contributed by atoms with Gasteiger partial charge in [-0.05, 0) is 28.9 Å². The van der Waals surface area contributed by atoms with Crippen LogP contribution in [0.3, 0.4) is 0 Å². The molecule has 68 valence electrons. The number of terminal acetylenes is 1. The van der Waals surface area contributed by atoms with E-state index in [-0.39, 0.29) is 17.7 Å². The summed E-state index contributed by atoms with van der Waals surface area (Å²) in [6.45, 7) is 1.72. The number of nitrogens with one attached hydrogen (secondary N) is 1. The van der Waals surface area contributed by atoms with E-state index in [1.165, 1.54) is 6.26 Å². The molecule has 1 N–H and O–H groups in total. The molecule has 0 aliphatic heterocycles. The molecule has 13 heavy (non-hydrogen) atoms. The third-order valence-electron chi connectivity index (χ3n) is 1.42. The van der Waals surface area contributed by atoms with Crippen molar-refractivity contribution in [2.75, 3.05) is 0 Å². The Morgan fingerprint density at radius 3 is 3.00 bits per heavy atom. The predicted molar refractivity (Wildman–Crippen MR) is 52.2 cm³/mol. The fraction of sp³-hybridized carbons (Fsp3) is 0.222. The highest BCUT2D eigenvalue weighted by Gasteiger charge is 2.14. The zero-order valence-corrected chi connectivity index (χ0v) is 8.59. The van der Waals surface area contributed by atoms with Crippen molar-refractivity contribution in [2.24, 2.45) is 0 Å². The van der Waals surface area contributed by atoms with Crippen LogP contribution in [0.15, 0.2) is 21.2 Å². The zero-order valence-electron chi connectivity index (χ0n) is 7.00. The van der Waals surface area contributed by atoms with E-state index in [4.69, 9.17) is 10.8 Å². The van der Waals surface area contributed by atoms with Crippen molar-refractivity contribution in [2.45, 2.75) is 13.0 Å². The summed E-state index contributed by atoms with van der Waals surface area (Å²) in [5.41, 5.74) is 0. The molecule has 1 rings (SSSR count). The van der Waals surface area contributed by atoms with Crippen LogP contribution in [0, 0.1) is 12.3 Å². The van der Waals surface area contributed by atoms with Gasteiger partial charge in [0.2, 0.25) is 5.76 Å². The Balaban J connectivity index is 2.71. The molecular weight excluding hydrogens is 234 g/mol. The average Bonchev–Trinajstić information content (AvgIpc) is 2.51. The van der Waals surface area contributed by atoms with Gasteiger partial charge in [0.05, 0.1) is 16.8 Å². The van der Waals surface area contributed by atoms with Gasteiger partial charge in [-0.1, -0.05) is 5.92 Å². The van der Waals surface area contributed by atoms with Crippen LogP contribution >= 0.6 is 15.9 Å². The van der Waals surface area contributed by atoms with Crippen molar-refractivity contribution < 1.29 is 9.21 Å². The molecule has 1 unspecified atom stereocenters. The SMILES string of the molecule is C#CC(C)NC(=O)c1occc1Br. The largest absolute Gasteiger partial charge is 0.458 e. The summed E-state index contributed by atoms with van der Waals surface area (Å²) in [7, 11) is 0. The van der Waals surface area contributed by atoms with Gasteiger partial charge < -0.3 is 9.73 Å². The molecule has 1 aromatic rings. The second-order valence-electron chi connectivity index (χ2n) is 2.46. The van der Waals surface area contributed by atoms with Gasteiger partial charge in [-0.2, -0.15) is 0 Å². The minimum Gasteiger partial charge on any atom is -0.458 e. The average molecular weight is 242 g/mol. The summed E-state index contributed by atoms with van der Waals surface area (Å²) in [5, 5.41) is 2.57. The highest BCUT2D eigenvalue weighted by Crippen LogP contribution is 2.17. The summed E-state index contributed by atoms with van der Waals surface area (Å²) in [6, 6.07) is 1.35. The van der Waals surface area contributed by atoms with E-state index in [0.717, 1.165) is 0 Å². The molecule has 0 aliphatic rings. The molecule has 0 radical (unpaired) electrons. The lowest BCUT2D eigenvalue weighted by molar-refractivity contribution is 0.0919. The number of rotatable bonds is 2. The Labute approximate surface area is 84.6 Å². The van der Waals surface area contributed by atoms with E-state index in [0.29, 0.717) is 4.47 Å². The molecule has 4 heteroatoms. The molecule has 0 aromatic carbocycles. The van der Waals surface area contributed by atoms with Gasteiger partial charge >= 0.3 is 0 Å². The Morgan fingerprint density at radius 1 is 1.85 bits per heavy atom. The first kappa shape index (κ1) is 9.87. The molecule has 0 fully saturated rings. The van der Waals surface area contributed by atoms with E-state index >= 15 is 0 Å². The fourth-order valence-corrected chi connectivity index (χ4v) is 1.14. The van der Waals surface area contributed by atoms with Crippen LogP contribution in [0.1, 0.15) is 17.5 Å². The number of hydrogen-bond donors (Lipinski definition) is 1. The molecule has 0 bridgehead atoms. The maximum Gasteiger partial charge on any atom is 0.289 e. The van der Waals surface area contributed by atoms with Crippen LogP contribution in [0.4, 0.5) is 0 Å². The van der Waals surface area contributed by atoms with Gasteiger partial charge in [-0.15, -0.1) is 6.42 Å². The van der Waals surface area contributed by atoms with Crippen LogP contribution in [0.25, 0.3) is 0 Å². The number of carbonyl (C=O) groups excluding carboxylic acids is 1. The number of furan rings is 1. The first-order valence-corrected chi connectivity index (χ1v) is 4.44. The quantitative estimate of drug-likeness (QED) is 0.803. The van der Waals surface area contributed by atoms with Crippen molar-refractivity contribution in [3.63, 3.8) is 0 Å². The van der Waals surface area contributed by atoms with Gasteiger partial charge in [-0.25, -0.2) is 0 Å². The van der Waals surface area contributed by atoms with E-state index in [1.54, 1.807) is 13.0 Å². The first-order chi connectivity index (χ1) is 6.15. The molecule has 0 aliphatic carbocycles. The Hall–Kier alpha value is -1.21. The summed E-state index contributed by atoms with van der Waals surface area (Å²) < 4.78 is 5.56. The van der Waals surface area contributed by atoms with Gasteiger partial charge in [0.15, 0.2) is 0 Å². The molecule has 0 saturated heterocycles. The third kappa shape index (κ3) is 2.36. The summed E-state index contributed by atoms with van der Waals surface area (Å²) in [5.74, 6) is 2.31. The molecule has 1 aromatic heterocycles. The van der Waals surface area contributed by atoms with Gasteiger partial charge in [0, 0.05) is 0 Å². The lowest BCUT2D eigenvalue weighted by atomic mass is 10.3. The Morgan fingerprint density at radius 2 is 2.54 bits per heavy atom. The normalized spacial score (nSPS) is 11.8. The summed E-state index contributed by atoms with van der Waals surface area (Å²) in [6.07, 6.45) is 6.53. The Bertz CT molecular complexity index is 351. The standard InChI is InChI=1S/C9H8BrNO2/c1-3-6(2)11-9(12)8-7(10)4-5-13-8/h1,4-6H,2H3,(H,11,12). The molecule has 0 spiro atoms. The number of halogens is 1. The number of amides is 1. The van der Waals surface area contributed by atoms with Gasteiger partial charge in [0.25, 0.3) is 5.91 Å². The van der Waals surface area contributed by atoms with Crippen molar-refractivity contribution in [1.82, 2.24) is 5.32 Å². The maximum absolute atomic E-state index is 11.4. The van der Waals surface area contributed by atoms with Crippen LogP contribution in [-0.2, 0) is 0 Å². The van der Waals surface area contributed by atoms with Crippen LogP contribution in [-0.4, -0.2) is 11.9 Å². The molecular formula is C9H8BrNO2. The maximum atomic E-state index is 11.4.